The van der Waals surface area contributed by atoms with Crippen molar-refractivity contribution in [2.45, 2.75) is 25.4 Å². The van der Waals surface area contributed by atoms with Gasteiger partial charge in [-0.2, -0.15) is 5.10 Å². The van der Waals surface area contributed by atoms with Crippen LogP contribution in [0.2, 0.25) is 0 Å². The van der Waals surface area contributed by atoms with E-state index in [1.807, 2.05) is 12.3 Å². The summed E-state index contributed by atoms with van der Waals surface area (Å²) in [6, 6.07) is 11.1. The van der Waals surface area contributed by atoms with E-state index in [0.717, 1.165) is 18.8 Å². The molecule has 0 bridgehead atoms. The van der Waals surface area contributed by atoms with Crippen molar-refractivity contribution in [3.8, 4) is 11.3 Å². The molecule has 3 rings (SSSR count). The lowest BCUT2D eigenvalue weighted by Crippen LogP contribution is -2.35. The first-order valence-electron chi connectivity index (χ1n) is 7.33. The molecule has 4 nitrogen and oxygen atoms in total. The summed E-state index contributed by atoms with van der Waals surface area (Å²) in [5.41, 5.74) is 3.55. The monoisotopic (exact) mass is 270 g/mol. The highest BCUT2D eigenvalue weighted by Crippen LogP contribution is 2.20. The molecule has 0 saturated carbocycles. The molecule has 0 aliphatic carbocycles. The van der Waals surface area contributed by atoms with Crippen molar-refractivity contribution in [1.29, 1.82) is 0 Å². The number of aromatic amines is 1. The van der Waals surface area contributed by atoms with Gasteiger partial charge < -0.3 is 10.2 Å². The minimum Gasteiger partial charge on any atom is -0.311 e. The van der Waals surface area contributed by atoms with E-state index in [-0.39, 0.29) is 0 Å². The fraction of sp³-hybridized carbons (Fsp3) is 0.438. The van der Waals surface area contributed by atoms with Crippen LogP contribution in [-0.2, 0) is 6.54 Å². The highest BCUT2D eigenvalue weighted by atomic mass is 15.2. The minimum atomic E-state index is 0.682. The van der Waals surface area contributed by atoms with E-state index >= 15 is 0 Å². The second-order valence-electron chi connectivity index (χ2n) is 5.54. The maximum Gasteiger partial charge on any atom is 0.0695 e. The van der Waals surface area contributed by atoms with E-state index in [0.29, 0.717) is 6.04 Å². The van der Waals surface area contributed by atoms with Gasteiger partial charge in [-0.1, -0.05) is 30.3 Å². The largest absolute Gasteiger partial charge is 0.311 e. The Labute approximate surface area is 120 Å². The van der Waals surface area contributed by atoms with Gasteiger partial charge in [0.1, 0.15) is 0 Å². The van der Waals surface area contributed by atoms with Crippen molar-refractivity contribution in [3.05, 3.63) is 42.1 Å². The van der Waals surface area contributed by atoms with Gasteiger partial charge in [0.2, 0.25) is 0 Å². The Kier molecular flexibility index (Phi) is 4.14. The normalized spacial score (nSPS) is 19.6. The topological polar surface area (TPSA) is 44.0 Å². The number of nitrogens with one attached hydrogen (secondary N) is 2. The second kappa shape index (κ2) is 6.20. The predicted octanol–water partition coefficient (Wildman–Crippen LogP) is 2.26. The lowest BCUT2D eigenvalue weighted by atomic mass is 10.1. The van der Waals surface area contributed by atoms with Crippen LogP contribution in [0.4, 0.5) is 0 Å². The first kappa shape index (κ1) is 13.3. The molecule has 0 spiro atoms. The van der Waals surface area contributed by atoms with Crippen LogP contribution in [0.3, 0.4) is 0 Å². The van der Waals surface area contributed by atoms with E-state index in [1.54, 1.807) is 0 Å². The van der Waals surface area contributed by atoms with E-state index in [4.69, 9.17) is 0 Å². The van der Waals surface area contributed by atoms with Crippen LogP contribution in [0.5, 0.6) is 0 Å². The number of benzene rings is 1. The predicted molar refractivity (Wildman–Crippen MR) is 81.4 cm³/mol. The zero-order valence-electron chi connectivity index (χ0n) is 12.0. The van der Waals surface area contributed by atoms with Crippen LogP contribution in [-0.4, -0.2) is 41.3 Å². The van der Waals surface area contributed by atoms with Crippen LogP contribution in [0, 0.1) is 0 Å². The van der Waals surface area contributed by atoms with E-state index in [1.165, 1.54) is 30.5 Å². The van der Waals surface area contributed by atoms with Crippen molar-refractivity contribution in [3.63, 3.8) is 0 Å². The molecule has 1 aliphatic heterocycles. The fourth-order valence-electron chi connectivity index (χ4n) is 2.91. The molecular weight excluding hydrogens is 248 g/mol. The summed E-state index contributed by atoms with van der Waals surface area (Å²) in [6.07, 6.45) is 4.55. The summed E-state index contributed by atoms with van der Waals surface area (Å²) < 4.78 is 0. The molecule has 0 radical (unpaired) electrons. The summed E-state index contributed by atoms with van der Waals surface area (Å²) in [6.45, 7) is 3.15. The third-order valence-corrected chi connectivity index (χ3v) is 4.15. The third kappa shape index (κ3) is 2.92. The number of likely N-dealkylation sites (N-methyl/N-ethyl adjacent to an activating group) is 1. The molecule has 2 N–H and O–H groups in total. The summed E-state index contributed by atoms with van der Waals surface area (Å²) in [7, 11) is 2.21. The summed E-state index contributed by atoms with van der Waals surface area (Å²) in [5.74, 6) is 0. The van der Waals surface area contributed by atoms with Gasteiger partial charge in [-0.05, 0) is 32.0 Å². The van der Waals surface area contributed by atoms with Crippen LogP contribution < -0.4 is 5.32 Å². The number of rotatable bonds is 5. The smallest absolute Gasteiger partial charge is 0.0695 e. The average molecular weight is 270 g/mol. The van der Waals surface area contributed by atoms with Crippen molar-refractivity contribution >= 4 is 0 Å². The number of likely N-dealkylation sites (tertiary alicyclic amines) is 1. The molecule has 1 aromatic carbocycles. The number of H-pyrrole nitrogens is 1. The quantitative estimate of drug-likeness (QED) is 0.876. The number of hydrogen-bond acceptors (Lipinski definition) is 3. The van der Waals surface area contributed by atoms with Gasteiger partial charge >= 0.3 is 0 Å². The molecule has 20 heavy (non-hydrogen) atoms. The first-order valence-corrected chi connectivity index (χ1v) is 7.33. The number of hydrogen-bond donors (Lipinski definition) is 2. The molecule has 106 valence electrons. The van der Waals surface area contributed by atoms with Gasteiger partial charge in [0.05, 0.1) is 11.9 Å². The molecular formula is C16H22N4. The third-order valence-electron chi connectivity index (χ3n) is 4.15. The van der Waals surface area contributed by atoms with Gasteiger partial charge in [-0.15, -0.1) is 0 Å². The van der Waals surface area contributed by atoms with Crippen molar-refractivity contribution < 1.29 is 0 Å². The maximum absolute atomic E-state index is 4.19. The van der Waals surface area contributed by atoms with E-state index < -0.39 is 0 Å². The van der Waals surface area contributed by atoms with Gasteiger partial charge in [0, 0.05) is 24.7 Å². The summed E-state index contributed by atoms with van der Waals surface area (Å²) in [4.78, 5) is 2.44. The average Bonchev–Trinajstić information content (AvgIpc) is 3.10. The maximum atomic E-state index is 4.19. The van der Waals surface area contributed by atoms with Gasteiger partial charge in [0.15, 0.2) is 0 Å². The molecule has 1 fully saturated rings. The SMILES string of the molecule is CN1CCCC1CNCc1cn[nH]c1-c1ccccc1. The van der Waals surface area contributed by atoms with E-state index in [9.17, 15) is 0 Å². The van der Waals surface area contributed by atoms with Crippen LogP contribution in [0.25, 0.3) is 11.3 Å². The summed E-state index contributed by atoms with van der Waals surface area (Å²) >= 11 is 0. The molecule has 1 saturated heterocycles. The van der Waals surface area contributed by atoms with Crippen molar-refractivity contribution in [1.82, 2.24) is 20.4 Å². The fourth-order valence-corrected chi connectivity index (χ4v) is 2.91. The Morgan fingerprint density at radius 1 is 1.35 bits per heavy atom. The van der Waals surface area contributed by atoms with E-state index in [2.05, 4.69) is 51.7 Å². The Balaban J connectivity index is 1.60. The Morgan fingerprint density at radius 3 is 2.95 bits per heavy atom. The number of nitrogens with zero attached hydrogens (tertiary/aromatic N) is 2. The lowest BCUT2D eigenvalue weighted by Gasteiger charge is -2.19. The number of aromatic nitrogens is 2. The molecule has 1 aromatic heterocycles. The van der Waals surface area contributed by atoms with Gasteiger partial charge in [0.25, 0.3) is 0 Å². The zero-order valence-corrected chi connectivity index (χ0v) is 12.0. The lowest BCUT2D eigenvalue weighted by molar-refractivity contribution is 0.300. The Bertz CT molecular complexity index is 534. The van der Waals surface area contributed by atoms with Gasteiger partial charge in [-0.3, -0.25) is 5.10 Å². The van der Waals surface area contributed by atoms with Gasteiger partial charge in [-0.25, -0.2) is 0 Å². The zero-order chi connectivity index (χ0) is 13.8. The standard InChI is InChI=1S/C16H22N4/c1-20-9-5-8-15(20)12-17-10-14-11-18-19-16(14)13-6-3-2-4-7-13/h2-4,6-7,11,15,17H,5,8-10,12H2,1H3,(H,18,19). The summed E-state index contributed by atoms with van der Waals surface area (Å²) in [5, 5.41) is 10.9. The molecule has 0 amide bonds. The van der Waals surface area contributed by atoms with Crippen LogP contribution in [0.1, 0.15) is 18.4 Å². The van der Waals surface area contributed by atoms with Crippen LogP contribution in [0.15, 0.2) is 36.5 Å². The minimum absolute atomic E-state index is 0.682. The highest BCUT2D eigenvalue weighted by Gasteiger charge is 2.20. The van der Waals surface area contributed by atoms with Crippen molar-refractivity contribution in [2.24, 2.45) is 0 Å². The molecule has 2 heterocycles. The van der Waals surface area contributed by atoms with Crippen LogP contribution >= 0.6 is 0 Å². The molecule has 1 unspecified atom stereocenters. The second-order valence-corrected chi connectivity index (χ2v) is 5.54. The Morgan fingerprint density at radius 2 is 2.20 bits per heavy atom. The van der Waals surface area contributed by atoms with Crippen molar-refractivity contribution in [2.75, 3.05) is 20.1 Å². The first-order chi connectivity index (χ1) is 9.84. The molecule has 2 aromatic rings. The molecule has 1 aliphatic rings. The highest BCUT2D eigenvalue weighted by molar-refractivity contribution is 5.62. The Hall–Kier alpha value is -1.65. The molecule has 4 heteroatoms. The molecule has 1 atom stereocenters.